The van der Waals surface area contributed by atoms with E-state index in [1.54, 1.807) is 17.9 Å². The molecule has 18 heavy (non-hydrogen) atoms. The number of alkyl halides is 1. The molecule has 0 spiro atoms. The fourth-order valence-electron chi connectivity index (χ4n) is 1.56. The molecule has 96 valence electrons. The van der Waals surface area contributed by atoms with Crippen molar-refractivity contribution in [2.45, 2.75) is 19.4 Å². The van der Waals surface area contributed by atoms with E-state index in [0.717, 1.165) is 11.3 Å². The summed E-state index contributed by atoms with van der Waals surface area (Å²) in [5, 5.41) is 4.82. The molecule has 0 N–H and O–H groups in total. The summed E-state index contributed by atoms with van der Waals surface area (Å²) in [7, 11) is 1.60. The number of halogens is 2. The summed E-state index contributed by atoms with van der Waals surface area (Å²) in [6.45, 7) is 2.24. The van der Waals surface area contributed by atoms with Crippen LogP contribution in [0.25, 0.3) is 5.82 Å². The van der Waals surface area contributed by atoms with Crippen LogP contribution in [0.15, 0.2) is 12.4 Å². The molecule has 5 nitrogen and oxygen atoms in total. The Morgan fingerprint density at radius 2 is 2.17 bits per heavy atom. The van der Waals surface area contributed by atoms with Gasteiger partial charge in [-0.05, 0) is 6.92 Å². The van der Waals surface area contributed by atoms with Gasteiger partial charge in [0, 0.05) is 24.4 Å². The fourth-order valence-corrected chi connectivity index (χ4v) is 2.21. The Morgan fingerprint density at radius 3 is 2.78 bits per heavy atom. The molecule has 0 atom stereocenters. The smallest absolute Gasteiger partial charge is 0.158 e. The molecule has 0 radical (unpaired) electrons. The molecule has 0 aromatic carbocycles. The van der Waals surface area contributed by atoms with E-state index in [2.05, 4.69) is 15.1 Å². The molecule has 2 heterocycles. The minimum Gasteiger partial charge on any atom is -0.378 e. The van der Waals surface area contributed by atoms with Crippen LogP contribution in [0.4, 0.5) is 0 Å². The molecule has 0 saturated heterocycles. The lowest BCUT2D eigenvalue weighted by molar-refractivity contribution is 0.180. The summed E-state index contributed by atoms with van der Waals surface area (Å²) in [6, 6.07) is 1.80. The van der Waals surface area contributed by atoms with Crippen molar-refractivity contribution in [3.8, 4) is 5.82 Å². The van der Waals surface area contributed by atoms with Gasteiger partial charge in [0.1, 0.15) is 11.5 Å². The van der Waals surface area contributed by atoms with E-state index in [0.29, 0.717) is 23.3 Å². The van der Waals surface area contributed by atoms with Gasteiger partial charge in [-0.1, -0.05) is 11.6 Å². The average molecular weight is 287 g/mol. The van der Waals surface area contributed by atoms with Crippen LogP contribution in [0, 0.1) is 6.92 Å². The maximum Gasteiger partial charge on any atom is 0.158 e. The number of nitrogens with zero attached hydrogens (tertiary/aromatic N) is 4. The summed E-state index contributed by atoms with van der Waals surface area (Å²) in [6.07, 6.45) is 1.47. The lowest BCUT2D eigenvalue weighted by atomic mass is 10.3. The number of aryl methyl sites for hydroxylation is 1. The molecule has 0 amide bonds. The van der Waals surface area contributed by atoms with E-state index < -0.39 is 0 Å². The maximum atomic E-state index is 6.25. The minimum atomic E-state index is 0.279. The Balaban J connectivity index is 2.51. The Labute approximate surface area is 115 Å². The van der Waals surface area contributed by atoms with E-state index in [1.165, 1.54) is 6.33 Å². The third-order valence-corrected chi connectivity index (χ3v) is 3.08. The molecule has 2 rings (SSSR count). The Morgan fingerprint density at radius 1 is 1.39 bits per heavy atom. The normalized spacial score (nSPS) is 10.9. The van der Waals surface area contributed by atoms with Crippen molar-refractivity contribution in [1.29, 1.82) is 0 Å². The first kappa shape index (κ1) is 13.3. The van der Waals surface area contributed by atoms with Crippen molar-refractivity contribution in [1.82, 2.24) is 19.7 Å². The summed E-state index contributed by atoms with van der Waals surface area (Å²) < 4.78 is 6.62. The molecular weight excluding hydrogens is 275 g/mol. The van der Waals surface area contributed by atoms with Crippen LogP contribution in [0.2, 0.25) is 5.15 Å². The van der Waals surface area contributed by atoms with Crippen LogP contribution in [0.3, 0.4) is 0 Å². The van der Waals surface area contributed by atoms with Crippen molar-refractivity contribution in [2.75, 3.05) is 7.11 Å². The zero-order chi connectivity index (χ0) is 13.1. The van der Waals surface area contributed by atoms with Gasteiger partial charge in [0.25, 0.3) is 0 Å². The summed E-state index contributed by atoms with van der Waals surface area (Å²) in [5.41, 5.74) is 2.32. The minimum absolute atomic E-state index is 0.279. The zero-order valence-corrected chi connectivity index (χ0v) is 11.5. The van der Waals surface area contributed by atoms with Crippen LogP contribution < -0.4 is 0 Å². The van der Waals surface area contributed by atoms with Crippen LogP contribution >= 0.6 is 23.2 Å². The van der Waals surface area contributed by atoms with Crippen LogP contribution in [0.1, 0.15) is 17.0 Å². The number of ether oxygens (including phenoxy) is 1. The third-order valence-electron chi connectivity index (χ3n) is 2.43. The van der Waals surface area contributed by atoms with E-state index in [1.807, 2.05) is 6.92 Å². The lowest BCUT2D eigenvalue weighted by Crippen LogP contribution is -2.02. The van der Waals surface area contributed by atoms with E-state index in [9.17, 15) is 0 Å². The third kappa shape index (κ3) is 2.48. The SMILES string of the molecule is COCc1nn(-c2cc(C)ncn2)c(Cl)c1CCl. The Kier molecular flexibility index (Phi) is 4.16. The number of hydrogen-bond acceptors (Lipinski definition) is 4. The second-order valence-electron chi connectivity index (χ2n) is 3.71. The van der Waals surface area contributed by atoms with Gasteiger partial charge in [0.15, 0.2) is 5.82 Å². The van der Waals surface area contributed by atoms with Crippen molar-refractivity contribution >= 4 is 23.2 Å². The van der Waals surface area contributed by atoms with Crippen molar-refractivity contribution in [3.05, 3.63) is 34.5 Å². The predicted octanol–water partition coefficient (Wildman–Crippen LogP) is 2.51. The number of methoxy groups -OCH3 is 1. The van der Waals surface area contributed by atoms with Crippen LogP contribution in [-0.2, 0) is 17.2 Å². The molecule has 2 aromatic heterocycles. The van der Waals surface area contributed by atoms with Gasteiger partial charge in [0.05, 0.1) is 18.2 Å². The highest BCUT2D eigenvalue weighted by atomic mass is 35.5. The molecule has 0 aliphatic carbocycles. The largest absolute Gasteiger partial charge is 0.378 e. The first-order chi connectivity index (χ1) is 8.67. The quantitative estimate of drug-likeness (QED) is 0.811. The van der Waals surface area contributed by atoms with Gasteiger partial charge in [-0.3, -0.25) is 0 Å². The molecule has 7 heteroatoms. The number of aromatic nitrogens is 4. The van der Waals surface area contributed by atoms with Gasteiger partial charge >= 0.3 is 0 Å². The summed E-state index contributed by atoms with van der Waals surface area (Å²) in [4.78, 5) is 8.18. The predicted molar refractivity (Wildman–Crippen MR) is 69.2 cm³/mol. The standard InChI is InChI=1S/C11H12Cl2N4O/c1-7-3-10(15-6-14-7)17-11(13)8(4-12)9(16-17)5-18-2/h3,6H,4-5H2,1-2H3. The molecular formula is C11H12Cl2N4O. The molecule has 0 saturated carbocycles. The highest BCUT2D eigenvalue weighted by Gasteiger charge is 2.17. The Bertz CT molecular complexity index is 556. The molecule has 0 fully saturated rings. The first-order valence-corrected chi connectivity index (χ1v) is 6.18. The van der Waals surface area contributed by atoms with E-state index in [4.69, 9.17) is 27.9 Å². The fraction of sp³-hybridized carbons (Fsp3) is 0.364. The number of rotatable bonds is 4. The topological polar surface area (TPSA) is 52.8 Å². The highest BCUT2D eigenvalue weighted by Crippen LogP contribution is 2.25. The van der Waals surface area contributed by atoms with E-state index >= 15 is 0 Å². The van der Waals surface area contributed by atoms with Crippen molar-refractivity contribution in [3.63, 3.8) is 0 Å². The monoisotopic (exact) mass is 286 g/mol. The summed E-state index contributed by atoms with van der Waals surface area (Å²) in [5.74, 6) is 0.892. The van der Waals surface area contributed by atoms with Gasteiger partial charge < -0.3 is 4.74 Å². The molecule has 0 aliphatic heterocycles. The van der Waals surface area contributed by atoms with Gasteiger partial charge in [-0.15, -0.1) is 11.6 Å². The second kappa shape index (κ2) is 5.65. The van der Waals surface area contributed by atoms with Crippen molar-refractivity contribution in [2.24, 2.45) is 0 Å². The molecule has 0 bridgehead atoms. The average Bonchev–Trinajstić information content (AvgIpc) is 2.66. The van der Waals surface area contributed by atoms with Crippen LogP contribution in [-0.4, -0.2) is 26.9 Å². The van der Waals surface area contributed by atoms with Gasteiger partial charge in [-0.2, -0.15) is 5.10 Å². The Hall–Kier alpha value is -1.17. The molecule has 2 aromatic rings. The van der Waals surface area contributed by atoms with Gasteiger partial charge in [0.2, 0.25) is 0 Å². The lowest BCUT2D eigenvalue weighted by Gasteiger charge is -2.02. The zero-order valence-electron chi connectivity index (χ0n) is 10.0. The summed E-state index contributed by atoms with van der Waals surface area (Å²) >= 11 is 12.1. The first-order valence-electron chi connectivity index (χ1n) is 5.27. The molecule has 0 unspecified atom stereocenters. The highest BCUT2D eigenvalue weighted by molar-refractivity contribution is 6.31. The second-order valence-corrected chi connectivity index (χ2v) is 4.34. The van der Waals surface area contributed by atoms with E-state index in [-0.39, 0.29) is 5.88 Å². The van der Waals surface area contributed by atoms with Gasteiger partial charge in [-0.25, -0.2) is 14.6 Å². The van der Waals surface area contributed by atoms with Crippen molar-refractivity contribution < 1.29 is 4.74 Å². The number of hydrogen-bond donors (Lipinski definition) is 0. The maximum absolute atomic E-state index is 6.25. The van der Waals surface area contributed by atoms with Crippen LogP contribution in [0.5, 0.6) is 0 Å². The molecule has 0 aliphatic rings.